The summed E-state index contributed by atoms with van der Waals surface area (Å²) in [6.45, 7) is 0. The number of allylic oxidation sites excluding steroid dienone is 1. The van der Waals surface area contributed by atoms with E-state index in [9.17, 15) is 9.18 Å². The molecule has 0 N–H and O–H groups in total. The van der Waals surface area contributed by atoms with Gasteiger partial charge in [-0.2, -0.15) is 0 Å². The van der Waals surface area contributed by atoms with Gasteiger partial charge in [0.15, 0.2) is 5.16 Å². The molecule has 0 unspecified atom stereocenters. The normalized spacial score (nSPS) is 14.3. The van der Waals surface area contributed by atoms with Crippen LogP contribution >= 0.6 is 11.8 Å². The number of aliphatic imine (C=N–C) groups is 1. The number of rotatable bonds is 3. The molecule has 112 valence electrons. The highest BCUT2D eigenvalue weighted by Crippen LogP contribution is 2.34. The van der Waals surface area contributed by atoms with Crippen molar-refractivity contribution in [1.82, 2.24) is 9.55 Å². The highest BCUT2D eigenvalue weighted by Gasteiger charge is 2.21. The summed E-state index contributed by atoms with van der Waals surface area (Å²) in [6.07, 6.45) is 5.49. The third kappa shape index (κ3) is 2.62. The molecule has 2 heterocycles. The molecule has 6 heteroatoms. The molecule has 0 spiro atoms. The smallest absolute Gasteiger partial charge is 0.250 e. The molecule has 1 aromatic carbocycles. The minimum Gasteiger partial charge on any atom is -0.322 e. The molecule has 1 aliphatic heterocycles. The molecule has 0 aliphatic carbocycles. The summed E-state index contributed by atoms with van der Waals surface area (Å²) in [5.74, 6) is -0.462. The van der Waals surface area contributed by atoms with E-state index in [0.29, 0.717) is 0 Å². The van der Waals surface area contributed by atoms with E-state index < -0.39 is 0 Å². The maximum atomic E-state index is 13.2. The average Bonchev–Trinajstić information content (AvgIpc) is 2.85. The molecular weight excluding hydrogens is 301 g/mol. The highest BCUT2D eigenvalue weighted by atomic mass is 32.2. The van der Waals surface area contributed by atoms with E-state index in [0.717, 1.165) is 27.7 Å². The molecule has 0 radical (unpaired) electrons. The number of amides is 1. The number of dihydropyridines is 1. The second-order valence-corrected chi connectivity index (χ2v) is 5.68. The Morgan fingerprint density at radius 1 is 1.27 bits per heavy atom. The predicted octanol–water partition coefficient (Wildman–Crippen LogP) is 3.33. The van der Waals surface area contributed by atoms with Gasteiger partial charge in [0.2, 0.25) is 5.91 Å². The summed E-state index contributed by atoms with van der Waals surface area (Å²) < 4.78 is 15.1. The Hall–Kier alpha value is -2.21. The first kappa shape index (κ1) is 14.7. The van der Waals surface area contributed by atoms with Gasteiger partial charge in [-0.15, -0.1) is 0 Å². The molecule has 1 amide bonds. The van der Waals surface area contributed by atoms with E-state index in [1.807, 2.05) is 17.9 Å². The lowest BCUT2D eigenvalue weighted by Gasteiger charge is -2.10. The van der Waals surface area contributed by atoms with Crippen LogP contribution in [0.1, 0.15) is 12.1 Å². The van der Waals surface area contributed by atoms with E-state index in [4.69, 9.17) is 0 Å². The van der Waals surface area contributed by atoms with Gasteiger partial charge in [-0.25, -0.2) is 14.4 Å². The lowest BCUT2D eigenvalue weighted by molar-refractivity contribution is -0.116. The number of hydrogen-bond acceptors (Lipinski definition) is 3. The van der Waals surface area contributed by atoms with Gasteiger partial charge in [0.05, 0.1) is 17.8 Å². The maximum absolute atomic E-state index is 13.2. The van der Waals surface area contributed by atoms with Crippen molar-refractivity contribution in [3.8, 4) is 11.3 Å². The minimum atomic E-state index is -0.281. The van der Waals surface area contributed by atoms with Crippen molar-refractivity contribution in [3.63, 3.8) is 0 Å². The van der Waals surface area contributed by atoms with Crippen molar-refractivity contribution in [2.45, 2.75) is 11.6 Å². The van der Waals surface area contributed by atoms with Crippen LogP contribution in [-0.2, 0) is 11.8 Å². The van der Waals surface area contributed by atoms with Crippen LogP contribution in [0.3, 0.4) is 0 Å². The summed E-state index contributed by atoms with van der Waals surface area (Å²) in [4.78, 5) is 19.9. The summed E-state index contributed by atoms with van der Waals surface area (Å²) in [5.41, 5.74) is 3.31. The van der Waals surface area contributed by atoms with Crippen LogP contribution in [0.2, 0.25) is 0 Å². The molecule has 0 fully saturated rings. The Labute approximate surface area is 131 Å². The van der Waals surface area contributed by atoms with E-state index in [2.05, 4.69) is 9.98 Å². The number of aromatic nitrogens is 2. The second-order valence-electron chi connectivity index (χ2n) is 4.90. The Morgan fingerprint density at radius 2 is 2.00 bits per heavy atom. The van der Waals surface area contributed by atoms with Crippen molar-refractivity contribution in [2.24, 2.45) is 12.0 Å². The Kier molecular flexibility index (Phi) is 3.94. The van der Waals surface area contributed by atoms with Gasteiger partial charge in [0, 0.05) is 18.8 Å². The number of hydrogen-bond donors (Lipinski definition) is 0. The monoisotopic (exact) mass is 315 g/mol. The Balaban J connectivity index is 2.18. The number of carbonyl (C=O) groups is 1. The Bertz CT molecular complexity index is 790. The quantitative estimate of drug-likeness (QED) is 0.816. The molecule has 0 atom stereocenters. The fourth-order valence-corrected chi connectivity index (χ4v) is 3.01. The Morgan fingerprint density at radius 3 is 2.64 bits per heavy atom. The zero-order valence-corrected chi connectivity index (χ0v) is 13.0. The third-order valence-electron chi connectivity index (χ3n) is 3.49. The first-order chi connectivity index (χ1) is 10.6. The highest BCUT2D eigenvalue weighted by molar-refractivity contribution is 7.98. The molecule has 2 aromatic rings. The molecular formula is C16H14FN3OS. The van der Waals surface area contributed by atoms with Crippen LogP contribution in [0.5, 0.6) is 0 Å². The summed E-state index contributed by atoms with van der Waals surface area (Å²) in [7, 11) is 1.92. The SMILES string of the molecule is CSc1nc(C2=CC=NC(=O)C2)c(-c2ccc(F)cc2)n1C. The number of benzene rings is 1. The van der Waals surface area contributed by atoms with E-state index >= 15 is 0 Å². The number of carbonyl (C=O) groups excluding carboxylic acids is 1. The zero-order valence-electron chi connectivity index (χ0n) is 12.2. The van der Waals surface area contributed by atoms with Crippen LogP contribution < -0.4 is 0 Å². The van der Waals surface area contributed by atoms with Gasteiger partial charge in [-0.1, -0.05) is 11.8 Å². The van der Waals surface area contributed by atoms with Crippen molar-refractivity contribution in [1.29, 1.82) is 0 Å². The lowest BCUT2D eigenvalue weighted by Crippen LogP contribution is -2.03. The lowest BCUT2D eigenvalue weighted by atomic mass is 10.0. The van der Waals surface area contributed by atoms with E-state index in [-0.39, 0.29) is 18.1 Å². The fraction of sp³-hybridized carbons (Fsp3) is 0.188. The molecule has 1 aromatic heterocycles. The van der Waals surface area contributed by atoms with Gasteiger partial charge in [0.1, 0.15) is 5.82 Å². The standard InChI is InChI=1S/C16H14FN3OS/c1-20-15(10-3-5-12(17)6-4-10)14(19-16(20)22-2)11-7-8-18-13(21)9-11/h3-8H,9H2,1-2H3. The molecule has 4 nitrogen and oxygen atoms in total. The molecule has 0 bridgehead atoms. The number of nitrogens with zero attached hydrogens (tertiary/aromatic N) is 3. The first-order valence-electron chi connectivity index (χ1n) is 6.73. The first-order valence-corrected chi connectivity index (χ1v) is 7.95. The van der Waals surface area contributed by atoms with Crippen molar-refractivity contribution >= 4 is 29.5 Å². The molecule has 22 heavy (non-hydrogen) atoms. The van der Waals surface area contributed by atoms with Gasteiger partial charge >= 0.3 is 0 Å². The molecule has 1 aliphatic rings. The van der Waals surface area contributed by atoms with Crippen LogP contribution in [-0.4, -0.2) is 27.9 Å². The van der Waals surface area contributed by atoms with Crippen LogP contribution in [0.4, 0.5) is 4.39 Å². The second kappa shape index (κ2) is 5.88. The van der Waals surface area contributed by atoms with Gasteiger partial charge in [-0.05, 0) is 42.2 Å². The summed E-state index contributed by atoms with van der Waals surface area (Å²) in [6, 6.07) is 6.29. The van der Waals surface area contributed by atoms with Gasteiger partial charge in [0.25, 0.3) is 0 Å². The van der Waals surface area contributed by atoms with Crippen LogP contribution in [0.15, 0.2) is 40.5 Å². The average molecular weight is 315 g/mol. The van der Waals surface area contributed by atoms with Crippen LogP contribution in [0, 0.1) is 5.82 Å². The van der Waals surface area contributed by atoms with E-state index in [1.54, 1.807) is 18.2 Å². The minimum absolute atomic E-state index is 0.182. The topological polar surface area (TPSA) is 47.2 Å². The molecule has 0 saturated heterocycles. The maximum Gasteiger partial charge on any atom is 0.250 e. The fourth-order valence-electron chi connectivity index (χ4n) is 2.46. The van der Waals surface area contributed by atoms with Gasteiger partial charge in [-0.3, -0.25) is 4.79 Å². The third-order valence-corrected chi connectivity index (χ3v) is 4.22. The molecule has 0 saturated carbocycles. The zero-order chi connectivity index (χ0) is 15.7. The van der Waals surface area contributed by atoms with Gasteiger partial charge < -0.3 is 4.57 Å². The van der Waals surface area contributed by atoms with Crippen molar-refractivity contribution < 1.29 is 9.18 Å². The number of imidazole rings is 1. The summed E-state index contributed by atoms with van der Waals surface area (Å²) >= 11 is 1.53. The van der Waals surface area contributed by atoms with E-state index in [1.165, 1.54) is 30.1 Å². The predicted molar refractivity (Wildman–Crippen MR) is 86.5 cm³/mol. The summed E-state index contributed by atoms with van der Waals surface area (Å²) in [5, 5.41) is 0.838. The van der Waals surface area contributed by atoms with Crippen molar-refractivity contribution in [3.05, 3.63) is 41.9 Å². The number of thioether (sulfide) groups is 1. The number of halogens is 1. The van der Waals surface area contributed by atoms with Crippen LogP contribution in [0.25, 0.3) is 16.8 Å². The molecule has 3 rings (SSSR count). The largest absolute Gasteiger partial charge is 0.322 e. The van der Waals surface area contributed by atoms with Crippen molar-refractivity contribution in [2.75, 3.05) is 6.26 Å².